The summed E-state index contributed by atoms with van der Waals surface area (Å²) in [5.41, 5.74) is 6.44. The predicted molar refractivity (Wildman–Crippen MR) is 69.1 cm³/mol. The molecule has 0 saturated heterocycles. The molecule has 0 radical (unpaired) electrons. The average molecular weight is 250 g/mol. The Morgan fingerprint density at radius 1 is 1.53 bits per heavy atom. The van der Waals surface area contributed by atoms with Crippen LogP contribution in [-0.2, 0) is 0 Å². The summed E-state index contributed by atoms with van der Waals surface area (Å²) >= 11 is 1.31. The van der Waals surface area contributed by atoms with E-state index >= 15 is 0 Å². The zero-order valence-corrected chi connectivity index (χ0v) is 10.8. The molecule has 2 aromatic rings. The van der Waals surface area contributed by atoms with Crippen molar-refractivity contribution >= 4 is 33.1 Å². The fourth-order valence-corrected chi connectivity index (χ4v) is 2.43. The number of rotatable bonds is 2. The van der Waals surface area contributed by atoms with Crippen LogP contribution >= 0.6 is 11.3 Å². The largest absolute Gasteiger partial charge is 0.397 e. The number of fused-ring (bicyclic) bond motifs is 1. The number of thiophene rings is 1. The Balaban J connectivity index is 2.49. The molecule has 0 aromatic carbocycles. The van der Waals surface area contributed by atoms with Gasteiger partial charge in [0.25, 0.3) is 5.91 Å². The molecule has 1 amide bonds. The van der Waals surface area contributed by atoms with E-state index in [4.69, 9.17) is 5.73 Å². The third-order valence-corrected chi connectivity index (χ3v) is 3.82. The van der Waals surface area contributed by atoms with Gasteiger partial charge in [0, 0.05) is 19.3 Å². The molecule has 2 N–H and O–H groups in total. The molecule has 0 fully saturated rings. The lowest BCUT2D eigenvalue weighted by atomic mass is 10.2. The summed E-state index contributed by atoms with van der Waals surface area (Å²) in [5.74, 6) is -0.0690. The van der Waals surface area contributed by atoms with E-state index in [1.165, 1.54) is 17.7 Å². The van der Waals surface area contributed by atoms with Gasteiger partial charge in [-0.1, -0.05) is 0 Å². The van der Waals surface area contributed by atoms with Gasteiger partial charge in [0.15, 0.2) is 0 Å². The molecule has 0 saturated carbocycles. The van der Waals surface area contributed by atoms with Crippen molar-refractivity contribution in [2.24, 2.45) is 0 Å². The van der Waals surface area contributed by atoms with Crippen LogP contribution in [0.1, 0.15) is 23.5 Å². The zero-order chi connectivity index (χ0) is 12.6. The Kier molecular flexibility index (Phi) is 2.97. The summed E-state index contributed by atoms with van der Waals surface area (Å²) in [7, 11) is 1.77. The molecule has 0 bridgehead atoms. The Morgan fingerprint density at radius 2 is 2.24 bits per heavy atom. The highest BCUT2D eigenvalue weighted by Crippen LogP contribution is 2.32. The maximum Gasteiger partial charge on any atom is 0.266 e. The molecule has 17 heavy (non-hydrogen) atoms. The van der Waals surface area contributed by atoms with Gasteiger partial charge in [0.05, 0.1) is 11.1 Å². The van der Waals surface area contributed by atoms with E-state index < -0.39 is 0 Å². The summed E-state index contributed by atoms with van der Waals surface area (Å²) in [5, 5.41) is 0.748. The van der Waals surface area contributed by atoms with Gasteiger partial charge >= 0.3 is 0 Å². The summed E-state index contributed by atoms with van der Waals surface area (Å²) < 4.78 is 0. The first-order chi connectivity index (χ1) is 8.02. The van der Waals surface area contributed by atoms with Crippen LogP contribution in [0.5, 0.6) is 0 Å². The molecule has 6 heteroatoms. The van der Waals surface area contributed by atoms with E-state index in [1.54, 1.807) is 18.1 Å². The molecule has 0 aliphatic carbocycles. The summed E-state index contributed by atoms with van der Waals surface area (Å²) in [6.07, 6.45) is 3.10. The second-order valence-electron chi connectivity index (χ2n) is 4.10. The van der Waals surface area contributed by atoms with Crippen LogP contribution in [0.3, 0.4) is 0 Å². The van der Waals surface area contributed by atoms with Gasteiger partial charge < -0.3 is 10.6 Å². The standard InChI is InChI=1S/C11H14N4OS/c1-6(2)15(3)11(16)9-8(12)7-4-13-5-14-10(7)17-9/h4-6H,12H2,1-3H3. The van der Waals surface area contributed by atoms with Crippen molar-refractivity contribution in [3.05, 3.63) is 17.4 Å². The first-order valence-electron chi connectivity index (χ1n) is 5.27. The summed E-state index contributed by atoms with van der Waals surface area (Å²) in [4.78, 5) is 23.2. The number of anilines is 1. The molecule has 90 valence electrons. The molecule has 0 unspecified atom stereocenters. The van der Waals surface area contributed by atoms with Gasteiger partial charge in [0.1, 0.15) is 16.0 Å². The topological polar surface area (TPSA) is 72.1 Å². The van der Waals surface area contributed by atoms with Crippen LogP contribution in [0.2, 0.25) is 0 Å². The summed E-state index contributed by atoms with van der Waals surface area (Å²) in [6.45, 7) is 3.92. The van der Waals surface area contributed by atoms with Crippen LogP contribution in [0.25, 0.3) is 10.2 Å². The summed E-state index contributed by atoms with van der Waals surface area (Å²) in [6, 6.07) is 0.137. The Morgan fingerprint density at radius 3 is 2.82 bits per heavy atom. The number of amides is 1. The molecule has 0 spiro atoms. The van der Waals surface area contributed by atoms with Crippen LogP contribution in [-0.4, -0.2) is 33.9 Å². The van der Waals surface area contributed by atoms with E-state index in [2.05, 4.69) is 9.97 Å². The van der Waals surface area contributed by atoms with Gasteiger partial charge in [-0.15, -0.1) is 11.3 Å². The number of carbonyl (C=O) groups excluding carboxylic acids is 1. The van der Waals surface area contributed by atoms with Gasteiger partial charge in [-0.3, -0.25) is 4.79 Å². The number of carbonyl (C=O) groups is 1. The first kappa shape index (κ1) is 11.8. The molecule has 0 atom stereocenters. The lowest BCUT2D eigenvalue weighted by molar-refractivity contribution is 0.0761. The van der Waals surface area contributed by atoms with Crippen LogP contribution in [0.15, 0.2) is 12.5 Å². The van der Waals surface area contributed by atoms with Gasteiger partial charge in [0.2, 0.25) is 0 Å². The second-order valence-corrected chi connectivity index (χ2v) is 5.10. The van der Waals surface area contributed by atoms with E-state index in [9.17, 15) is 4.79 Å². The molecular weight excluding hydrogens is 236 g/mol. The van der Waals surface area contributed by atoms with E-state index in [-0.39, 0.29) is 11.9 Å². The van der Waals surface area contributed by atoms with Crippen LogP contribution in [0, 0.1) is 0 Å². The number of nitrogen functional groups attached to an aromatic ring is 1. The number of nitrogens with zero attached hydrogens (tertiary/aromatic N) is 3. The van der Waals surface area contributed by atoms with Crippen molar-refractivity contribution in [3.8, 4) is 0 Å². The van der Waals surface area contributed by atoms with Crippen molar-refractivity contribution < 1.29 is 4.79 Å². The molecule has 2 rings (SSSR count). The second kappa shape index (κ2) is 4.29. The minimum atomic E-state index is -0.0690. The Bertz CT molecular complexity index is 564. The zero-order valence-electron chi connectivity index (χ0n) is 9.97. The molecule has 0 aliphatic heterocycles. The molecule has 5 nitrogen and oxygen atoms in total. The highest BCUT2D eigenvalue weighted by Gasteiger charge is 2.21. The van der Waals surface area contributed by atoms with E-state index in [1.807, 2.05) is 13.8 Å². The van der Waals surface area contributed by atoms with E-state index in [0.717, 1.165) is 10.2 Å². The fraction of sp³-hybridized carbons (Fsp3) is 0.364. The minimum Gasteiger partial charge on any atom is -0.397 e. The smallest absolute Gasteiger partial charge is 0.266 e. The number of nitrogens with two attached hydrogens (primary N) is 1. The van der Waals surface area contributed by atoms with Crippen molar-refractivity contribution in [2.45, 2.75) is 19.9 Å². The molecule has 2 aromatic heterocycles. The molecule has 2 heterocycles. The molecular formula is C11H14N4OS. The van der Waals surface area contributed by atoms with Crippen molar-refractivity contribution in [2.75, 3.05) is 12.8 Å². The highest BCUT2D eigenvalue weighted by atomic mass is 32.1. The predicted octanol–water partition coefficient (Wildman–Crippen LogP) is 1.75. The quantitative estimate of drug-likeness (QED) is 0.881. The minimum absolute atomic E-state index is 0.0690. The SMILES string of the molecule is CC(C)N(C)C(=O)c1sc2ncncc2c1N. The van der Waals surface area contributed by atoms with Gasteiger partial charge in [-0.05, 0) is 13.8 Å². The first-order valence-corrected chi connectivity index (χ1v) is 6.09. The Labute approximate surface area is 103 Å². The van der Waals surface area contributed by atoms with Crippen LogP contribution < -0.4 is 5.73 Å². The van der Waals surface area contributed by atoms with E-state index in [0.29, 0.717) is 10.6 Å². The highest BCUT2D eigenvalue weighted by molar-refractivity contribution is 7.21. The van der Waals surface area contributed by atoms with Gasteiger partial charge in [-0.2, -0.15) is 0 Å². The van der Waals surface area contributed by atoms with Crippen molar-refractivity contribution in [3.63, 3.8) is 0 Å². The maximum absolute atomic E-state index is 12.2. The lowest BCUT2D eigenvalue weighted by Gasteiger charge is -2.20. The number of aromatic nitrogens is 2. The Hall–Kier alpha value is -1.69. The van der Waals surface area contributed by atoms with Crippen molar-refractivity contribution in [1.29, 1.82) is 0 Å². The average Bonchev–Trinajstić information content (AvgIpc) is 2.65. The van der Waals surface area contributed by atoms with Crippen molar-refractivity contribution in [1.82, 2.24) is 14.9 Å². The maximum atomic E-state index is 12.2. The van der Waals surface area contributed by atoms with Gasteiger partial charge in [-0.25, -0.2) is 9.97 Å². The lowest BCUT2D eigenvalue weighted by Crippen LogP contribution is -2.32. The number of hydrogen-bond acceptors (Lipinski definition) is 5. The fourth-order valence-electron chi connectivity index (χ4n) is 1.41. The number of hydrogen-bond donors (Lipinski definition) is 1. The normalized spacial score (nSPS) is 11.1. The monoisotopic (exact) mass is 250 g/mol. The van der Waals surface area contributed by atoms with Crippen LogP contribution in [0.4, 0.5) is 5.69 Å². The third kappa shape index (κ3) is 1.95. The molecule has 0 aliphatic rings. The third-order valence-electron chi connectivity index (χ3n) is 2.70.